The number of benzene rings is 1. The molecular weight excluding hydrogens is 472 g/mol. The van der Waals surface area contributed by atoms with Crippen molar-refractivity contribution in [2.75, 3.05) is 26.2 Å². The molecule has 5 rings (SSSR count). The lowest BCUT2D eigenvalue weighted by molar-refractivity contribution is -0.136. The highest BCUT2D eigenvalue weighted by Gasteiger charge is 2.39. The molecule has 0 aliphatic carbocycles. The molecule has 4 heterocycles. The predicted molar refractivity (Wildman–Crippen MR) is 137 cm³/mol. The van der Waals surface area contributed by atoms with Crippen molar-refractivity contribution in [3.63, 3.8) is 0 Å². The van der Waals surface area contributed by atoms with Gasteiger partial charge in [-0.15, -0.1) is 0 Å². The molecule has 0 bridgehead atoms. The van der Waals surface area contributed by atoms with Crippen LogP contribution in [0.3, 0.4) is 0 Å². The average molecular weight is 511 g/mol. The number of fused-ring (bicyclic) bond motifs is 1. The predicted octanol–water partition coefficient (Wildman–Crippen LogP) is 3.03. The Morgan fingerprint density at radius 3 is 2.32 bits per heavy atom. The number of amides is 4. The van der Waals surface area contributed by atoms with Crippen LogP contribution in [-0.4, -0.2) is 82.4 Å². The van der Waals surface area contributed by atoms with E-state index in [2.05, 4.69) is 22.3 Å². The highest BCUT2D eigenvalue weighted by atomic mass is 16.6. The number of rotatable bonds is 3. The van der Waals surface area contributed by atoms with Crippen LogP contribution in [0, 0.1) is 0 Å². The molecule has 1 unspecified atom stereocenters. The zero-order valence-corrected chi connectivity index (χ0v) is 22.1. The fourth-order valence-corrected chi connectivity index (χ4v) is 6.19. The van der Waals surface area contributed by atoms with Crippen molar-refractivity contribution in [3.8, 4) is 0 Å². The van der Waals surface area contributed by atoms with Crippen molar-refractivity contribution in [1.29, 1.82) is 0 Å². The van der Waals surface area contributed by atoms with Crippen molar-refractivity contribution < 1.29 is 23.9 Å². The van der Waals surface area contributed by atoms with Gasteiger partial charge in [0, 0.05) is 37.7 Å². The first kappa shape index (κ1) is 25.7. The van der Waals surface area contributed by atoms with Crippen LogP contribution in [0.1, 0.15) is 86.7 Å². The fraction of sp³-hybridized carbons (Fsp3) is 0.643. The van der Waals surface area contributed by atoms with Gasteiger partial charge in [0.1, 0.15) is 11.6 Å². The molecule has 200 valence electrons. The number of carbonyl (C=O) groups excluding carboxylic acids is 4. The SMILES string of the molecule is CC(C)(C)OC(=O)N1CCC(N2CCC(c3ccc4c(c3)CN(C3CCC(=O)NC3=O)C4=O)CC2)CC1. The van der Waals surface area contributed by atoms with Crippen LogP contribution in [0.4, 0.5) is 4.79 Å². The second-order valence-electron chi connectivity index (χ2n) is 11.8. The first-order valence-corrected chi connectivity index (χ1v) is 13.6. The van der Waals surface area contributed by atoms with E-state index in [4.69, 9.17) is 4.74 Å². The summed E-state index contributed by atoms with van der Waals surface area (Å²) in [4.78, 5) is 55.2. The summed E-state index contributed by atoms with van der Waals surface area (Å²) in [7, 11) is 0. The molecule has 1 aromatic rings. The molecule has 3 fully saturated rings. The van der Waals surface area contributed by atoms with Gasteiger partial charge in [-0.25, -0.2) is 4.79 Å². The Hall–Kier alpha value is -2.94. The highest BCUT2D eigenvalue weighted by molar-refractivity contribution is 6.05. The van der Waals surface area contributed by atoms with Gasteiger partial charge in [-0.3, -0.25) is 19.7 Å². The van der Waals surface area contributed by atoms with Gasteiger partial charge in [0.15, 0.2) is 0 Å². The Balaban J connectivity index is 1.14. The van der Waals surface area contributed by atoms with Crippen molar-refractivity contribution in [1.82, 2.24) is 20.0 Å². The third-order valence-electron chi connectivity index (χ3n) is 8.18. The minimum Gasteiger partial charge on any atom is -0.444 e. The standard InChI is InChI=1S/C28H38N4O5/c1-28(2,3)37-27(36)31-14-10-21(11-15-31)30-12-8-18(9-13-30)19-4-5-22-20(16-19)17-32(26(22)35)23-6-7-24(33)29-25(23)34/h4-5,16,18,21,23H,6-15,17H2,1-3H3,(H,29,33,34). The summed E-state index contributed by atoms with van der Waals surface area (Å²) in [6, 6.07) is 6.06. The first-order chi connectivity index (χ1) is 17.6. The summed E-state index contributed by atoms with van der Waals surface area (Å²) < 4.78 is 5.53. The van der Waals surface area contributed by atoms with Gasteiger partial charge in [-0.05, 0) is 89.1 Å². The van der Waals surface area contributed by atoms with Crippen molar-refractivity contribution in [2.45, 2.75) is 89.4 Å². The molecule has 1 atom stereocenters. The Labute approximate surface area is 218 Å². The summed E-state index contributed by atoms with van der Waals surface area (Å²) >= 11 is 0. The molecule has 0 saturated carbocycles. The lowest BCUT2D eigenvalue weighted by Crippen LogP contribution is -2.52. The Bertz CT molecular complexity index is 1080. The minimum absolute atomic E-state index is 0.122. The molecule has 4 aliphatic rings. The van der Waals surface area contributed by atoms with Gasteiger partial charge in [-0.1, -0.05) is 12.1 Å². The number of hydrogen-bond donors (Lipinski definition) is 1. The summed E-state index contributed by atoms with van der Waals surface area (Å²) in [5, 5.41) is 2.36. The number of ether oxygens (including phenoxy) is 1. The van der Waals surface area contributed by atoms with E-state index >= 15 is 0 Å². The Kier molecular flexibility index (Phi) is 7.00. The van der Waals surface area contributed by atoms with E-state index in [1.54, 1.807) is 4.90 Å². The zero-order chi connectivity index (χ0) is 26.3. The number of nitrogens with one attached hydrogen (secondary N) is 1. The van der Waals surface area contributed by atoms with Crippen LogP contribution in [0.25, 0.3) is 0 Å². The molecule has 9 nitrogen and oxygen atoms in total. The molecule has 0 radical (unpaired) electrons. The number of carbonyl (C=O) groups is 4. The molecule has 3 saturated heterocycles. The second kappa shape index (κ2) is 10.1. The third-order valence-corrected chi connectivity index (χ3v) is 8.18. The van der Waals surface area contributed by atoms with Gasteiger partial charge >= 0.3 is 6.09 Å². The van der Waals surface area contributed by atoms with E-state index in [0.29, 0.717) is 30.5 Å². The third kappa shape index (κ3) is 5.51. The summed E-state index contributed by atoms with van der Waals surface area (Å²) in [6.45, 7) is 9.65. The maximum Gasteiger partial charge on any atom is 0.410 e. The van der Waals surface area contributed by atoms with Gasteiger partial charge in [0.05, 0.1) is 0 Å². The molecule has 4 aliphatic heterocycles. The number of likely N-dealkylation sites (tertiary alicyclic amines) is 2. The van der Waals surface area contributed by atoms with Crippen molar-refractivity contribution in [3.05, 3.63) is 34.9 Å². The number of piperidine rings is 3. The minimum atomic E-state index is -0.578. The number of hydrogen-bond acceptors (Lipinski definition) is 6. The van der Waals surface area contributed by atoms with Crippen LogP contribution < -0.4 is 5.32 Å². The van der Waals surface area contributed by atoms with Crippen LogP contribution in [-0.2, 0) is 20.9 Å². The van der Waals surface area contributed by atoms with E-state index in [1.165, 1.54) is 5.56 Å². The van der Waals surface area contributed by atoms with E-state index in [-0.39, 0.29) is 30.2 Å². The van der Waals surface area contributed by atoms with Gasteiger partial charge in [-0.2, -0.15) is 0 Å². The fourth-order valence-electron chi connectivity index (χ4n) is 6.19. The Morgan fingerprint density at radius 1 is 0.973 bits per heavy atom. The first-order valence-electron chi connectivity index (χ1n) is 13.6. The maximum atomic E-state index is 13.0. The zero-order valence-electron chi connectivity index (χ0n) is 22.1. The van der Waals surface area contributed by atoms with Crippen LogP contribution in [0.2, 0.25) is 0 Å². The van der Waals surface area contributed by atoms with Gasteiger partial charge < -0.3 is 19.4 Å². The molecule has 1 N–H and O–H groups in total. The number of imide groups is 1. The smallest absolute Gasteiger partial charge is 0.410 e. The summed E-state index contributed by atoms with van der Waals surface area (Å²) in [5.41, 5.74) is 2.44. The van der Waals surface area contributed by atoms with Crippen LogP contribution in [0.5, 0.6) is 0 Å². The Morgan fingerprint density at radius 2 is 1.68 bits per heavy atom. The maximum absolute atomic E-state index is 13.0. The summed E-state index contributed by atoms with van der Waals surface area (Å²) in [5.74, 6) is -0.318. The lowest BCUT2D eigenvalue weighted by atomic mass is 9.86. The average Bonchev–Trinajstić information content (AvgIpc) is 3.18. The molecule has 1 aromatic carbocycles. The van der Waals surface area contributed by atoms with E-state index in [1.807, 2.05) is 31.7 Å². The van der Waals surface area contributed by atoms with Crippen LogP contribution in [0.15, 0.2) is 18.2 Å². The largest absolute Gasteiger partial charge is 0.444 e. The quantitative estimate of drug-likeness (QED) is 0.628. The monoisotopic (exact) mass is 510 g/mol. The second-order valence-corrected chi connectivity index (χ2v) is 11.8. The molecule has 37 heavy (non-hydrogen) atoms. The molecule has 4 amide bonds. The van der Waals surface area contributed by atoms with Crippen molar-refractivity contribution in [2.24, 2.45) is 0 Å². The van der Waals surface area contributed by atoms with Crippen molar-refractivity contribution >= 4 is 23.8 Å². The lowest BCUT2D eigenvalue weighted by Gasteiger charge is -2.42. The topological polar surface area (TPSA) is 99.3 Å². The summed E-state index contributed by atoms with van der Waals surface area (Å²) in [6.07, 6.45) is 4.51. The van der Waals surface area contributed by atoms with E-state index < -0.39 is 11.6 Å². The molecule has 0 aromatic heterocycles. The highest BCUT2D eigenvalue weighted by Crippen LogP contribution is 2.35. The van der Waals surface area contributed by atoms with Crippen LogP contribution >= 0.6 is 0 Å². The van der Waals surface area contributed by atoms with Gasteiger partial charge in [0.2, 0.25) is 11.8 Å². The number of nitrogens with zero attached hydrogens (tertiary/aromatic N) is 3. The molecular formula is C28H38N4O5. The van der Waals surface area contributed by atoms with E-state index in [9.17, 15) is 19.2 Å². The van der Waals surface area contributed by atoms with E-state index in [0.717, 1.165) is 57.4 Å². The molecule has 0 spiro atoms. The normalized spacial score (nSPS) is 24.3. The van der Waals surface area contributed by atoms with Gasteiger partial charge in [0.25, 0.3) is 5.91 Å². The molecule has 9 heteroatoms.